The third-order valence-electron chi connectivity index (χ3n) is 1.65. The molecule has 0 saturated heterocycles. The Morgan fingerprint density at radius 1 is 1.60 bits per heavy atom. The molecule has 4 nitrogen and oxygen atoms in total. The van der Waals surface area contributed by atoms with Crippen LogP contribution in [-0.2, 0) is 4.79 Å². The molecule has 0 radical (unpaired) electrons. The number of carbonyl (C=O) groups excluding carboxylic acids is 1. The lowest BCUT2D eigenvalue weighted by Crippen LogP contribution is -2.31. The first-order chi connectivity index (χ1) is 7.13. The molecule has 0 aliphatic carbocycles. The van der Waals surface area contributed by atoms with E-state index in [2.05, 4.69) is 15.9 Å². The molecule has 0 saturated carbocycles. The molecule has 0 aliphatic rings. The molecule has 0 atom stereocenters. The Hall–Kier alpha value is -1.14. The van der Waals surface area contributed by atoms with Crippen molar-refractivity contribution in [2.45, 2.75) is 6.42 Å². The topological polar surface area (TPSA) is 64.3 Å². The smallest absolute Gasteiger partial charge is 0.237 e. The van der Waals surface area contributed by atoms with Crippen molar-refractivity contribution in [1.29, 1.82) is 0 Å². The Bertz CT molecular complexity index is 360. The quantitative estimate of drug-likeness (QED) is 0.496. The van der Waals surface area contributed by atoms with Crippen molar-refractivity contribution in [3.05, 3.63) is 28.5 Å². The highest BCUT2D eigenvalue weighted by Crippen LogP contribution is 2.21. The number of hydrogen-bond acceptors (Lipinski definition) is 3. The molecule has 0 bridgehead atoms. The Kier molecular flexibility index (Phi) is 4.51. The maximum atomic E-state index is 12.8. The van der Waals surface area contributed by atoms with Crippen LogP contribution in [0.4, 0.5) is 4.39 Å². The second-order valence-corrected chi connectivity index (χ2v) is 3.60. The van der Waals surface area contributed by atoms with Gasteiger partial charge in [0.25, 0.3) is 0 Å². The fourth-order valence-corrected chi connectivity index (χ4v) is 1.26. The Labute approximate surface area is 94.7 Å². The molecule has 3 N–H and O–H groups in total. The van der Waals surface area contributed by atoms with Crippen LogP contribution in [0.15, 0.2) is 22.7 Å². The van der Waals surface area contributed by atoms with Crippen LogP contribution < -0.4 is 16.0 Å². The molecule has 1 amide bonds. The van der Waals surface area contributed by atoms with E-state index < -0.39 is 0 Å². The molecule has 0 aliphatic heterocycles. The number of ether oxygens (including phenoxy) is 1. The minimum absolute atomic E-state index is 0.158. The van der Waals surface area contributed by atoms with Crippen molar-refractivity contribution in [3.8, 4) is 5.75 Å². The predicted molar refractivity (Wildman–Crippen MR) is 56.5 cm³/mol. The van der Waals surface area contributed by atoms with Crippen molar-refractivity contribution >= 4 is 21.8 Å². The zero-order chi connectivity index (χ0) is 11.3. The van der Waals surface area contributed by atoms with E-state index in [1.165, 1.54) is 18.2 Å². The lowest BCUT2D eigenvalue weighted by Gasteiger charge is -2.05. The van der Waals surface area contributed by atoms with Gasteiger partial charge in [0.05, 0.1) is 17.5 Å². The normalized spacial score (nSPS) is 9.80. The second-order valence-electron chi connectivity index (χ2n) is 2.74. The van der Waals surface area contributed by atoms with Crippen molar-refractivity contribution in [2.24, 2.45) is 5.84 Å². The van der Waals surface area contributed by atoms with Gasteiger partial charge in [-0.2, -0.15) is 0 Å². The van der Waals surface area contributed by atoms with E-state index in [4.69, 9.17) is 10.6 Å². The molecule has 0 heterocycles. The van der Waals surface area contributed by atoms with Gasteiger partial charge in [0.15, 0.2) is 0 Å². The van der Waals surface area contributed by atoms with Gasteiger partial charge in [0.1, 0.15) is 11.6 Å². The summed E-state index contributed by atoms with van der Waals surface area (Å²) in [6.45, 7) is 0.196. The van der Waals surface area contributed by atoms with E-state index in [1.54, 1.807) is 0 Å². The molecule has 15 heavy (non-hydrogen) atoms. The third-order valence-corrected chi connectivity index (χ3v) is 2.26. The fourth-order valence-electron chi connectivity index (χ4n) is 0.900. The standard InChI is InChI=1S/C9H10BrFN2O2/c10-7-5-6(1-2-8(7)11)15-4-3-9(14)13-12/h1-2,5H,3-4,12H2,(H,13,14). The maximum absolute atomic E-state index is 12.8. The molecule has 1 aromatic rings. The second kappa shape index (κ2) is 5.67. The summed E-state index contributed by atoms with van der Waals surface area (Å²) in [7, 11) is 0. The van der Waals surface area contributed by atoms with Crippen molar-refractivity contribution < 1.29 is 13.9 Å². The summed E-state index contributed by atoms with van der Waals surface area (Å²) < 4.78 is 18.3. The number of rotatable bonds is 4. The lowest BCUT2D eigenvalue weighted by atomic mass is 10.3. The molecule has 0 fully saturated rings. The number of carbonyl (C=O) groups is 1. The van der Waals surface area contributed by atoms with Gasteiger partial charge in [-0.25, -0.2) is 10.2 Å². The number of benzene rings is 1. The number of hydrazine groups is 1. The highest BCUT2D eigenvalue weighted by atomic mass is 79.9. The highest BCUT2D eigenvalue weighted by Gasteiger charge is 2.02. The number of amides is 1. The fraction of sp³-hybridized carbons (Fsp3) is 0.222. The van der Waals surface area contributed by atoms with E-state index in [-0.39, 0.29) is 24.8 Å². The first-order valence-corrected chi connectivity index (χ1v) is 5.00. The minimum Gasteiger partial charge on any atom is -0.493 e. The molecule has 1 aromatic carbocycles. The number of nitrogens with one attached hydrogen (secondary N) is 1. The van der Waals surface area contributed by atoms with E-state index >= 15 is 0 Å². The van der Waals surface area contributed by atoms with Gasteiger partial charge in [0, 0.05) is 0 Å². The molecule has 0 aromatic heterocycles. The van der Waals surface area contributed by atoms with Gasteiger partial charge >= 0.3 is 0 Å². The van der Waals surface area contributed by atoms with Gasteiger partial charge in [-0.15, -0.1) is 0 Å². The number of hydrogen-bond donors (Lipinski definition) is 2. The van der Waals surface area contributed by atoms with Crippen LogP contribution >= 0.6 is 15.9 Å². The van der Waals surface area contributed by atoms with Gasteiger partial charge in [-0.05, 0) is 34.1 Å². The first-order valence-electron chi connectivity index (χ1n) is 4.21. The average molecular weight is 277 g/mol. The predicted octanol–water partition coefficient (Wildman–Crippen LogP) is 1.35. The van der Waals surface area contributed by atoms with Crippen molar-refractivity contribution in [1.82, 2.24) is 5.43 Å². The van der Waals surface area contributed by atoms with Crippen LogP contribution in [0, 0.1) is 5.82 Å². The van der Waals surface area contributed by atoms with Gasteiger partial charge in [0.2, 0.25) is 5.91 Å². The van der Waals surface area contributed by atoms with Crippen LogP contribution in [0.2, 0.25) is 0 Å². The summed E-state index contributed by atoms with van der Waals surface area (Å²) in [4.78, 5) is 10.7. The zero-order valence-electron chi connectivity index (χ0n) is 7.80. The number of nitrogens with two attached hydrogens (primary N) is 1. The molecule has 6 heteroatoms. The van der Waals surface area contributed by atoms with Crippen molar-refractivity contribution in [2.75, 3.05) is 6.61 Å². The Morgan fingerprint density at radius 3 is 2.93 bits per heavy atom. The van der Waals surface area contributed by atoms with E-state index in [1.807, 2.05) is 5.43 Å². The Morgan fingerprint density at radius 2 is 2.33 bits per heavy atom. The monoisotopic (exact) mass is 276 g/mol. The summed E-state index contributed by atoms with van der Waals surface area (Å²) in [5.74, 6) is 4.71. The Balaban J connectivity index is 2.44. The summed E-state index contributed by atoms with van der Waals surface area (Å²) in [5, 5.41) is 0. The molecule has 1 rings (SSSR count). The van der Waals surface area contributed by atoms with Gasteiger partial charge < -0.3 is 4.74 Å². The third kappa shape index (κ3) is 3.85. The van der Waals surface area contributed by atoms with Crippen LogP contribution in [0.25, 0.3) is 0 Å². The highest BCUT2D eigenvalue weighted by molar-refractivity contribution is 9.10. The number of halogens is 2. The van der Waals surface area contributed by atoms with E-state index in [9.17, 15) is 9.18 Å². The van der Waals surface area contributed by atoms with Crippen LogP contribution in [0.3, 0.4) is 0 Å². The van der Waals surface area contributed by atoms with Crippen molar-refractivity contribution in [3.63, 3.8) is 0 Å². The summed E-state index contributed by atoms with van der Waals surface area (Å²) in [5.41, 5.74) is 1.98. The molecule has 0 unspecified atom stereocenters. The molecular weight excluding hydrogens is 267 g/mol. The van der Waals surface area contributed by atoms with Gasteiger partial charge in [-0.3, -0.25) is 10.2 Å². The zero-order valence-corrected chi connectivity index (χ0v) is 9.38. The first kappa shape index (κ1) is 11.9. The average Bonchev–Trinajstić information content (AvgIpc) is 2.23. The lowest BCUT2D eigenvalue weighted by molar-refractivity contribution is -0.121. The SMILES string of the molecule is NNC(=O)CCOc1ccc(F)c(Br)c1. The van der Waals surface area contributed by atoms with Gasteiger partial charge in [-0.1, -0.05) is 0 Å². The molecular formula is C9H10BrFN2O2. The maximum Gasteiger partial charge on any atom is 0.237 e. The van der Waals surface area contributed by atoms with E-state index in [0.29, 0.717) is 10.2 Å². The largest absolute Gasteiger partial charge is 0.493 e. The van der Waals surface area contributed by atoms with Crippen LogP contribution in [0.1, 0.15) is 6.42 Å². The van der Waals surface area contributed by atoms with Crippen LogP contribution in [-0.4, -0.2) is 12.5 Å². The minimum atomic E-state index is -0.359. The van der Waals surface area contributed by atoms with E-state index in [0.717, 1.165) is 0 Å². The summed E-state index contributed by atoms with van der Waals surface area (Å²) >= 11 is 3.03. The summed E-state index contributed by atoms with van der Waals surface area (Å²) in [6, 6.07) is 4.26. The molecule has 82 valence electrons. The van der Waals surface area contributed by atoms with Crippen LogP contribution in [0.5, 0.6) is 5.75 Å². The summed E-state index contributed by atoms with van der Waals surface area (Å²) in [6.07, 6.45) is 0.158. The molecule has 0 spiro atoms.